The Hall–Kier alpha value is -1.99. The minimum Gasteiger partial charge on any atom is -0.318 e. The van der Waals surface area contributed by atoms with E-state index in [1.165, 1.54) is 11.8 Å². The molecule has 4 rings (SSSR count). The monoisotopic (exact) mass is 450 g/mol. The average Bonchev–Trinajstić information content (AvgIpc) is 3.03. The van der Waals surface area contributed by atoms with Gasteiger partial charge in [0.05, 0.1) is 12.0 Å². The number of nitrogens with zero attached hydrogens (tertiary/aromatic N) is 4. The number of fused-ring (bicyclic) bond motifs is 1. The number of rotatable bonds is 4. The fraction of sp³-hybridized carbons (Fsp3) is 0.105. The summed E-state index contributed by atoms with van der Waals surface area (Å²) in [5, 5.41) is 2.27. The van der Waals surface area contributed by atoms with E-state index in [0.29, 0.717) is 42.8 Å². The maximum absolute atomic E-state index is 13.1. The summed E-state index contributed by atoms with van der Waals surface area (Å²) in [5.41, 5.74) is 2.17. The molecule has 0 aliphatic carbocycles. The van der Waals surface area contributed by atoms with Gasteiger partial charge in [0, 0.05) is 27.9 Å². The van der Waals surface area contributed by atoms with Gasteiger partial charge in [-0.05, 0) is 42.0 Å². The van der Waals surface area contributed by atoms with Crippen LogP contribution in [0, 0.1) is 0 Å². The van der Waals surface area contributed by atoms with Crippen LogP contribution in [0.15, 0.2) is 58.7 Å². The maximum Gasteiger partial charge on any atom is 0.286 e. The molecule has 0 saturated carbocycles. The maximum atomic E-state index is 13.1. The number of benzene rings is 2. The average molecular weight is 452 g/mol. The lowest BCUT2D eigenvalue weighted by Crippen LogP contribution is -2.22. The number of hydrogen-bond acceptors (Lipinski definition) is 4. The predicted molar refractivity (Wildman–Crippen MR) is 115 cm³/mol. The van der Waals surface area contributed by atoms with Crippen molar-refractivity contribution in [1.82, 2.24) is 19.1 Å². The summed E-state index contributed by atoms with van der Waals surface area (Å²) in [5.74, 6) is 0.527. The van der Waals surface area contributed by atoms with Gasteiger partial charge in [-0.25, -0.2) is 9.97 Å². The summed E-state index contributed by atoms with van der Waals surface area (Å²) in [7, 11) is 1.80. The number of imidazole rings is 1. The van der Waals surface area contributed by atoms with Gasteiger partial charge >= 0.3 is 0 Å². The standard InChI is InChI=1S/C19H13Cl3N4OS/c1-25-10-23-16-17(25)24-19(28-9-11-2-3-13(21)8-15(11)22)26(18(16)27)14-6-4-12(20)5-7-14/h2-8,10H,9H2,1H3. The number of halogens is 3. The highest BCUT2D eigenvalue weighted by Gasteiger charge is 2.17. The Kier molecular flexibility index (Phi) is 5.38. The molecule has 2 aromatic heterocycles. The molecule has 0 saturated heterocycles. The van der Waals surface area contributed by atoms with Gasteiger partial charge < -0.3 is 4.57 Å². The van der Waals surface area contributed by atoms with Crippen LogP contribution in [0.4, 0.5) is 0 Å². The normalized spacial score (nSPS) is 11.3. The minimum absolute atomic E-state index is 0.238. The molecule has 0 aliphatic heterocycles. The molecule has 4 aromatic rings. The highest BCUT2D eigenvalue weighted by Crippen LogP contribution is 2.29. The van der Waals surface area contributed by atoms with Crippen LogP contribution >= 0.6 is 46.6 Å². The molecule has 0 spiro atoms. The zero-order chi connectivity index (χ0) is 19.8. The molecule has 0 fully saturated rings. The Morgan fingerprint density at radius 2 is 1.75 bits per heavy atom. The van der Waals surface area contributed by atoms with Gasteiger partial charge in [0.2, 0.25) is 0 Å². The second kappa shape index (κ2) is 7.79. The largest absolute Gasteiger partial charge is 0.318 e. The van der Waals surface area contributed by atoms with E-state index in [2.05, 4.69) is 9.97 Å². The molecule has 142 valence electrons. The van der Waals surface area contributed by atoms with Gasteiger partial charge in [-0.2, -0.15) is 0 Å². The van der Waals surface area contributed by atoms with E-state index >= 15 is 0 Å². The fourth-order valence-corrected chi connectivity index (χ4v) is 4.42. The first-order valence-corrected chi connectivity index (χ1v) is 10.3. The number of aromatic nitrogens is 4. The molecule has 0 aliphatic rings. The van der Waals surface area contributed by atoms with E-state index in [4.69, 9.17) is 34.8 Å². The van der Waals surface area contributed by atoms with Crippen molar-refractivity contribution in [3.8, 4) is 5.69 Å². The molecule has 0 atom stereocenters. The number of aryl methyl sites for hydroxylation is 1. The quantitative estimate of drug-likeness (QED) is 0.309. The second-order valence-corrected chi connectivity index (χ2v) is 8.29. The van der Waals surface area contributed by atoms with Crippen LogP contribution in [0.1, 0.15) is 5.56 Å². The van der Waals surface area contributed by atoms with Gasteiger partial charge in [-0.1, -0.05) is 52.6 Å². The lowest BCUT2D eigenvalue weighted by molar-refractivity contribution is 0.802. The highest BCUT2D eigenvalue weighted by atomic mass is 35.5. The van der Waals surface area contributed by atoms with Crippen molar-refractivity contribution in [2.75, 3.05) is 0 Å². The SMILES string of the molecule is Cn1cnc2c(=O)n(-c3ccc(Cl)cc3)c(SCc3ccc(Cl)cc3Cl)nc21. The predicted octanol–water partition coefficient (Wildman–Crippen LogP) is 5.37. The van der Waals surface area contributed by atoms with Crippen LogP contribution in [-0.4, -0.2) is 19.1 Å². The van der Waals surface area contributed by atoms with E-state index in [-0.39, 0.29) is 5.56 Å². The van der Waals surface area contributed by atoms with Crippen LogP contribution in [-0.2, 0) is 12.8 Å². The van der Waals surface area contributed by atoms with Crippen molar-refractivity contribution < 1.29 is 0 Å². The first-order valence-electron chi connectivity index (χ1n) is 8.21. The Morgan fingerprint density at radius 3 is 2.46 bits per heavy atom. The summed E-state index contributed by atoms with van der Waals surface area (Å²) in [6.45, 7) is 0. The van der Waals surface area contributed by atoms with Crippen LogP contribution in [0.2, 0.25) is 15.1 Å². The first kappa shape index (κ1) is 19.3. The zero-order valence-electron chi connectivity index (χ0n) is 14.6. The third-order valence-electron chi connectivity index (χ3n) is 4.16. The van der Waals surface area contributed by atoms with E-state index in [0.717, 1.165) is 5.56 Å². The Bertz CT molecular complexity index is 1230. The Morgan fingerprint density at radius 1 is 1.04 bits per heavy atom. The first-order chi connectivity index (χ1) is 13.4. The lowest BCUT2D eigenvalue weighted by atomic mass is 10.2. The van der Waals surface area contributed by atoms with Gasteiger partial charge in [-0.15, -0.1) is 0 Å². The molecule has 2 heterocycles. The molecule has 0 N–H and O–H groups in total. The van der Waals surface area contributed by atoms with E-state index < -0.39 is 0 Å². The van der Waals surface area contributed by atoms with E-state index in [1.807, 2.05) is 6.07 Å². The Balaban J connectivity index is 1.83. The summed E-state index contributed by atoms with van der Waals surface area (Å²) in [4.78, 5) is 22.0. The lowest BCUT2D eigenvalue weighted by Gasteiger charge is -2.13. The van der Waals surface area contributed by atoms with Crippen molar-refractivity contribution in [1.29, 1.82) is 0 Å². The second-order valence-electron chi connectivity index (χ2n) is 6.06. The molecule has 9 heteroatoms. The van der Waals surface area contributed by atoms with Gasteiger partial charge in [-0.3, -0.25) is 9.36 Å². The zero-order valence-corrected chi connectivity index (χ0v) is 17.6. The van der Waals surface area contributed by atoms with Crippen LogP contribution in [0.3, 0.4) is 0 Å². The van der Waals surface area contributed by atoms with E-state index in [9.17, 15) is 4.79 Å². The third-order valence-corrected chi connectivity index (χ3v) is 5.99. The third kappa shape index (κ3) is 3.65. The number of thioether (sulfide) groups is 1. The van der Waals surface area contributed by atoms with Crippen molar-refractivity contribution >= 4 is 57.7 Å². The molecule has 0 radical (unpaired) electrons. The molecule has 0 amide bonds. The molecule has 28 heavy (non-hydrogen) atoms. The van der Waals surface area contributed by atoms with Crippen molar-refractivity contribution in [2.24, 2.45) is 7.05 Å². The van der Waals surface area contributed by atoms with Crippen molar-refractivity contribution in [3.63, 3.8) is 0 Å². The van der Waals surface area contributed by atoms with Gasteiger partial charge in [0.1, 0.15) is 0 Å². The molecule has 0 unspecified atom stereocenters. The minimum atomic E-state index is -0.238. The van der Waals surface area contributed by atoms with Crippen LogP contribution in [0.5, 0.6) is 0 Å². The topological polar surface area (TPSA) is 52.7 Å². The van der Waals surface area contributed by atoms with Crippen LogP contribution < -0.4 is 5.56 Å². The molecule has 2 aromatic carbocycles. The van der Waals surface area contributed by atoms with E-state index in [1.54, 1.807) is 58.9 Å². The summed E-state index contributed by atoms with van der Waals surface area (Å²) >= 11 is 19.7. The van der Waals surface area contributed by atoms with Crippen molar-refractivity contribution in [2.45, 2.75) is 10.9 Å². The molecule has 0 bridgehead atoms. The molecule has 5 nitrogen and oxygen atoms in total. The van der Waals surface area contributed by atoms with Crippen LogP contribution in [0.25, 0.3) is 16.9 Å². The van der Waals surface area contributed by atoms with Gasteiger partial charge in [0.25, 0.3) is 5.56 Å². The van der Waals surface area contributed by atoms with Gasteiger partial charge in [0.15, 0.2) is 16.3 Å². The molecular weight excluding hydrogens is 439 g/mol. The fourth-order valence-electron chi connectivity index (χ4n) is 2.74. The highest BCUT2D eigenvalue weighted by molar-refractivity contribution is 7.98. The summed E-state index contributed by atoms with van der Waals surface area (Å²) in [6, 6.07) is 12.4. The Labute approximate surface area is 179 Å². The summed E-state index contributed by atoms with van der Waals surface area (Å²) in [6.07, 6.45) is 1.58. The molecular formula is C19H13Cl3N4OS. The van der Waals surface area contributed by atoms with Crippen molar-refractivity contribution in [3.05, 3.63) is 79.8 Å². The summed E-state index contributed by atoms with van der Waals surface area (Å²) < 4.78 is 3.27. The number of hydrogen-bond donors (Lipinski definition) is 0. The smallest absolute Gasteiger partial charge is 0.286 e.